The Labute approximate surface area is 107 Å². The van der Waals surface area contributed by atoms with E-state index in [1.807, 2.05) is 17.5 Å². The number of thiophene rings is 1. The summed E-state index contributed by atoms with van der Waals surface area (Å²) in [6, 6.07) is 3.70. The summed E-state index contributed by atoms with van der Waals surface area (Å²) in [5.41, 5.74) is 0. The number of unbranched alkanes of at least 4 members (excludes halogenated alkanes) is 3. The summed E-state index contributed by atoms with van der Waals surface area (Å²) in [5, 5.41) is 1.89. The third kappa shape index (κ3) is 5.26. The molecule has 1 aromatic heterocycles. The van der Waals surface area contributed by atoms with Gasteiger partial charge in [-0.2, -0.15) is 0 Å². The van der Waals surface area contributed by atoms with E-state index in [0.29, 0.717) is 6.42 Å². The number of aldehydes is 1. The number of hydrogen-bond donors (Lipinski definition) is 0. The second-order valence-electron chi connectivity index (χ2n) is 4.35. The predicted molar refractivity (Wildman–Crippen MR) is 71.6 cm³/mol. The molecule has 0 aliphatic carbocycles. The summed E-state index contributed by atoms with van der Waals surface area (Å²) in [7, 11) is 0. The fraction of sp³-hybridized carbons (Fsp3) is 0.571. The van der Waals surface area contributed by atoms with Gasteiger partial charge in [-0.25, -0.2) is 0 Å². The molecule has 2 nitrogen and oxygen atoms in total. The van der Waals surface area contributed by atoms with Crippen LogP contribution >= 0.6 is 11.3 Å². The highest BCUT2D eigenvalue weighted by molar-refractivity contribution is 7.12. The van der Waals surface area contributed by atoms with Gasteiger partial charge in [0.25, 0.3) is 0 Å². The number of ketones is 1. The van der Waals surface area contributed by atoms with Crippen molar-refractivity contribution >= 4 is 23.4 Å². The van der Waals surface area contributed by atoms with Crippen molar-refractivity contribution in [2.45, 2.75) is 45.4 Å². The molecule has 1 aromatic rings. The van der Waals surface area contributed by atoms with Crippen LogP contribution in [0.15, 0.2) is 17.5 Å². The second-order valence-corrected chi connectivity index (χ2v) is 5.30. The Morgan fingerprint density at radius 3 is 2.82 bits per heavy atom. The molecule has 0 fully saturated rings. The highest BCUT2D eigenvalue weighted by atomic mass is 32.1. The molecule has 0 bridgehead atoms. The Hall–Kier alpha value is -0.960. The van der Waals surface area contributed by atoms with Gasteiger partial charge in [0, 0.05) is 12.3 Å². The van der Waals surface area contributed by atoms with Crippen LogP contribution < -0.4 is 0 Å². The molecule has 0 N–H and O–H groups in total. The topological polar surface area (TPSA) is 34.1 Å². The van der Waals surface area contributed by atoms with Gasteiger partial charge in [-0.1, -0.05) is 38.7 Å². The number of hydrogen-bond acceptors (Lipinski definition) is 3. The first-order valence-electron chi connectivity index (χ1n) is 6.30. The highest BCUT2D eigenvalue weighted by Crippen LogP contribution is 2.18. The Balaban J connectivity index is 2.31. The fourth-order valence-electron chi connectivity index (χ4n) is 1.83. The summed E-state index contributed by atoms with van der Waals surface area (Å²) >= 11 is 1.45. The predicted octanol–water partition coefficient (Wildman–Crippen LogP) is 4.11. The molecular formula is C14H20O2S. The quantitative estimate of drug-likeness (QED) is 0.376. The lowest BCUT2D eigenvalue weighted by Crippen LogP contribution is -2.09. The van der Waals surface area contributed by atoms with Crippen molar-refractivity contribution in [3.05, 3.63) is 22.4 Å². The lowest BCUT2D eigenvalue weighted by Gasteiger charge is -2.08. The molecule has 0 radical (unpaired) electrons. The maximum absolute atomic E-state index is 11.8. The van der Waals surface area contributed by atoms with Gasteiger partial charge >= 0.3 is 0 Å². The van der Waals surface area contributed by atoms with E-state index in [-0.39, 0.29) is 11.7 Å². The van der Waals surface area contributed by atoms with Crippen LogP contribution in [0, 0.1) is 5.92 Å². The zero-order chi connectivity index (χ0) is 12.5. The molecule has 17 heavy (non-hydrogen) atoms. The average Bonchev–Trinajstić information content (AvgIpc) is 2.86. The molecule has 0 aromatic carbocycles. The molecule has 0 aliphatic heterocycles. The first kappa shape index (κ1) is 14.1. The number of Topliss-reactive ketones (excluding diaryl/α,β-unsaturated/α-hetero) is 1. The Kier molecular flexibility index (Phi) is 6.78. The zero-order valence-electron chi connectivity index (χ0n) is 10.4. The van der Waals surface area contributed by atoms with Crippen molar-refractivity contribution in [3.63, 3.8) is 0 Å². The van der Waals surface area contributed by atoms with Gasteiger partial charge in [-0.05, 0) is 17.9 Å². The van der Waals surface area contributed by atoms with Crippen LogP contribution in [0.1, 0.15) is 55.1 Å². The van der Waals surface area contributed by atoms with Crippen molar-refractivity contribution in [2.75, 3.05) is 0 Å². The minimum atomic E-state index is -0.0959. The van der Waals surface area contributed by atoms with Crippen LogP contribution in [-0.2, 0) is 4.79 Å². The minimum Gasteiger partial charge on any atom is -0.303 e. The van der Waals surface area contributed by atoms with E-state index in [2.05, 4.69) is 6.92 Å². The zero-order valence-corrected chi connectivity index (χ0v) is 11.2. The molecule has 1 atom stereocenters. The number of carbonyl (C=O) groups excluding carboxylic acids is 2. The van der Waals surface area contributed by atoms with Gasteiger partial charge in [0.1, 0.15) is 6.29 Å². The van der Waals surface area contributed by atoms with Crippen LogP contribution in [0.25, 0.3) is 0 Å². The number of rotatable bonds is 9. The monoisotopic (exact) mass is 252 g/mol. The molecule has 0 aliphatic rings. The van der Waals surface area contributed by atoms with Crippen LogP contribution in [0.2, 0.25) is 0 Å². The van der Waals surface area contributed by atoms with Crippen molar-refractivity contribution in [2.24, 2.45) is 5.92 Å². The lowest BCUT2D eigenvalue weighted by atomic mass is 9.96. The highest BCUT2D eigenvalue weighted by Gasteiger charge is 2.14. The summed E-state index contributed by atoms with van der Waals surface area (Å²) in [5.74, 6) is 0.00838. The van der Waals surface area contributed by atoms with Crippen LogP contribution in [-0.4, -0.2) is 12.1 Å². The normalized spacial score (nSPS) is 12.3. The largest absolute Gasteiger partial charge is 0.303 e. The number of carbonyl (C=O) groups is 2. The molecule has 0 saturated carbocycles. The Morgan fingerprint density at radius 1 is 1.41 bits per heavy atom. The molecule has 94 valence electrons. The standard InChI is InChI=1S/C14H20O2S/c1-2-3-4-5-7-12(11-15)10-13(16)14-8-6-9-17-14/h6,8-9,11-12H,2-5,7,10H2,1H3/t12-/m1/s1. The summed E-state index contributed by atoms with van der Waals surface area (Å²) in [6.07, 6.45) is 6.78. The molecule has 0 saturated heterocycles. The first-order valence-corrected chi connectivity index (χ1v) is 7.18. The molecule has 0 amide bonds. The minimum absolute atomic E-state index is 0.0959. The van der Waals surface area contributed by atoms with Gasteiger partial charge < -0.3 is 4.79 Å². The molecule has 0 spiro atoms. The molecule has 1 heterocycles. The third-order valence-corrected chi connectivity index (χ3v) is 3.78. The van der Waals surface area contributed by atoms with Gasteiger partial charge in [0.05, 0.1) is 4.88 Å². The first-order chi connectivity index (χ1) is 8.27. The smallest absolute Gasteiger partial charge is 0.173 e. The average molecular weight is 252 g/mol. The Morgan fingerprint density at radius 2 is 2.24 bits per heavy atom. The van der Waals surface area contributed by atoms with Crippen LogP contribution in [0.3, 0.4) is 0 Å². The second kappa shape index (κ2) is 8.18. The van der Waals surface area contributed by atoms with E-state index in [9.17, 15) is 9.59 Å². The van der Waals surface area contributed by atoms with Crippen LogP contribution in [0.5, 0.6) is 0 Å². The third-order valence-electron chi connectivity index (χ3n) is 2.86. The van der Waals surface area contributed by atoms with E-state index in [1.54, 1.807) is 0 Å². The fourth-order valence-corrected chi connectivity index (χ4v) is 2.50. The molecule has 3 heteroatoms. The van der Waals surface area contributed by atoms with E-state index in [0.717, 1.165) is 30.4 Å². The van der Waals surface area contributed by atoms with Gasteiger partial charge in [0.2, 0.25) is 0 Å². The molecule has 0 unspecified atom stereocenters. The summed E-state index contributed by atoms with van der Waals surface area (Å²) in [6.45, 7) is 2.16. The van der Waals surface area contributed by atoms with Crippen molar-refractivity contribution < 1.29 is 9.59 Å². The Bertz CT molecular complexity index is 330. The van der Waals surface area contributed by atoms with Gasteiger partial charge in [-0.15, -0.1) is 11.3 Å². The molecule has 1 rings (SSSR count). The summed E-state index contributed by atoms with van der Waals surface area (Å²) < 4.78 is 0. The van der Waals surface area contributed by atoms with Crippen molar-refractivity contribution in [3.8, 4) is 0 Å². The maximum Gasteiger partial charge on any atom is 0.173 e. The summed E-state index contributed by atoms with van der Waals surface area (Å²) in [4.78, 5) is 23.5. The van der Waals surface area contributed by atoms with E-state index in [1.165, 1.54) is 24.2 Å². The maximum atomic E-state index is 11.8. The van der Waals surface area contributed by atoms with Crippen molar-refractivity contribution in [1.29, 1.82) is 0 Å². The van der Waals surface area contributed by atoms with Gasteiger partial charge in [-0.3, -0.25) is 4.79 Å². The van der Waals surface area contributed by atoms with Crippen molar-refractivity contribution in [1.82, 2.24) is 0 Å². The van der Waals surface area contributed by atoms with Gasteiger partial charge in [0.15, 0.2) is 5.78 Å². The van der Waals surface area contributed by atoms with E-state index in [4.69, 9.17) is 0 Å². The SMILES string of the molecule is CCCCCC[C@@H](C=O)CC(=O)c1cccs1. The van der Waals surface area contributed by atoms with Crippen LogP contribution in [0.4, 0.5) is 0 Å². The van der Waals surface area contributed by atoms with E-state index >= 15 is 0 Å². The van der Waals surface area contributed by atoms with E-state index < -0.39 is 0 Å². The lowest BCUT2D eigenvalue weighted by molar-refractivity contribution is -0.111. The molecular weight excluding hydrogens is 232 g/mol.